The first-order valence-corrected chi connectivity index (χ1v) is 9.57. The van der Waals surface area contributed by atoms with Crippen LogP contribution in [0.3, 0.4) is 0 Å². The van der Waals surface area contributed by atoms with Crippen molar-refractivity contribution in [3.05, 3.63) is 40.1 Å². The summed E-state index contributed by atoms with van der Waals surface area (Å²) in [5.74, 6) is 0. The number of fused-ring (bicyclic) bond motifs is 1. The molecule has 0 bridgehead atoms. The van der Waals surface area contributed by atoms with E-state index in [0.29, 0.717) is 5.69 Å². The number of nitrogens with two attached hydrogens (primary N) is 1. The van der Waals surface area contributed by atoms with E-state index in [4.69, 9.17) is 5.73 Å². The molecule has 21 heavy (non-hydrogen) atoms. The molecular weight excluding hydrogens is 304 g/mol. The minimum Gasteiger partial charge on any atom is -0.397 e. The number of rotatable bonds is 2. The van der Waals surface area contributed by atoms with Gasteiger partial charge in [-0.1, -0.05) is 0 Å². The predicted octanol–water partition coefficient (Wildman–Crippen LogP) is 2.86. The molecule has 0 spiro atoms. The molecule has 1 aromatic heterocycles. The van der Waals surface area contributed by atoms with Crippen molar-refractivity contribution in [1.29, 1.82) is 0 Å². The zero-order valence-corrected chi connectivity index (χ0v) is 13.7. The number of anilines is 2. The molecule has 2 N–H and O–H groups in total. The zero-order valence-electron chi connectivity index (χ0n) is 12.0. The SMILES string of the molecule is CC1c2ccsc2CCN1c1ccc(S(C)(=O)=O)cc1N. The van der Waals surface area contributed by atoms with Crippen molar-refractivity contribution in [3.63, 3.8) is 0 Å². The van der Waals surface area contributed by atoms with Crippen molar-refractivity contribution in [2.24, 2.45) is 0 Å². The van der Waals surface area contributed by atoms with E-state index in [1.165, 1.54) is 16.7 Å². The minimum atomic E-state index is -3.22. The van der Waals surface area contributed by atoms with Gasteiger partial charge in [-0.15, -0.1) is 11.3 Å². The summed E-state index contributed by atoms with van der Waals surface area (Å²) in [6.07, 6.45) is 2.20. The van der Waals surface area contributed by atoms with E-state index in [-0.39, 0.29) is 10.9 Å². The minimum absolute atomic E-state index is 0.256. The van der Waals surface area contributed by atoms with Crippen LogP contribution in [0.15, 0.2) is 34.5 Å². The molecule has 2 heterocycles. The summed E-state index contributed by atoms with van der Waals surface area (Å²) in [6.45, 7) is 3.06. The molecule has 1 aliphatic rings. The van der Waals surface area contributed by atoms with Gasteiger partial charge in [0.15, 0.2) is 9.84 Å². The Labute approximate surface area is 129 Å². The molecule has 1 aliphatic heterocycles. The molecule has 0 amide bonds. The molecule has 112 valence electrons. The summed E-state index contributed by atoms with van der Waals surface area (Å²) in [7, 11) is -3.22. The quantitative estimate of drug-likeness (QED) is 0.864. The van der Waals surface area contributed by atoms with Crippen LogP contribution >= 0.6 is 11.3 Å². The van der Waals surface area contributed by atoms with Gasteiger partial charge in [-0.3, -0.25) is 0 Å². The highest BCUT2D eigenvalue weighted by molar-refractivity contribution is 7.90. The fraction of sp³-hybridized carbons (Fsp3) is 0.333. The normalized spacial score (nSPS) is 18.6. The molecule has 0 aliphatic carbocycles. The van der Waals surface area contributed by atoms with Crippen molar-refractivity contribution in [1.82, 2.24) is 0 Å². The molecule has 4 nitrogen and oxygen atoms in total. The predicted molar refractivity (Wildman–Crippen MR) is 87.7 cm³/mol. The molecule has 0 saturated heterocycles. The Balaban J connectivity index is 1.99. The van der Waals surface area contributed by atoms with Gasteiger partial charge in [0.1, 0.15) is 0 Å². The van der Waals surface area contributed by atoms with Gasteiger partial charge in [-0.05, 0) is 48.6 Å². The number of sulfone groups is 1. The third-order valence-electron chi connectivity index (χ3n) is 4.01. The lowest BCUT2D eigenvalue weighted by molar-refractivity contribution is 0.601. The van der Waals surface area contributed by atoms with Gasteiger partial charge in [0.25, 0.3) is 0 Å². The molecule has 0 radical (unpaired) electrons. The number of thiophene rings is 1. The van der Waals surface area contributed by atoms with Crippen molar-refractivity contribution < 1.29 is 8.42 Å². The summed E-state index contributed by atoms with van der Waals surface area (Å²) < 4.78 is 23.2. The van der Waals surface area contributed by atoms with E-state index >= 15 is 0 Å². The smallest absolute Gasteiger partial charge is 0.175 e. The molecule has 2 aromatic rings. The van der Waals surface area contributed by atoms with Gasteiger partial charge in [-0.25, -0.2) is 8.42 Å². The van der Waals surface area contributed by atoms with Crippen LogP contribution in [-0.4, -0.2) is 21.2 Å². The van der Waals surface area contributed by atoms with Crippen LogP contribution in [0.5, 0.6) is 0 Å². The first-order valence-electron chi connectivity index (χ1n) is 6.80. The molecule has 0 fully saturated rings. The van der Waals surface area contributed by atoms with Gasteiger partial charge < -0.3 is 10.6 Å². The van der Waals surface area contributed by atoms with Crippen molar-refractivity contribution in [3.8, 4) is 0 Å². The summed E-state index contributed by atoms with van der Waals surface area (Å²) in [5.41, 5.74) is 8.87. The highest BCUT2D eigenvalue weighted by atomic mass is 32.2. The Hall–Kier alpha value is -1.53. The molecule has 1 aromatic carbocycles. The fourth-order valence-electron chi connectivity index (χ4n) is 2.86. The van der Waals surface area contributed by atoms with Crippen LogP contribution in [-0.2, 0) is 16.3 Å². The van der Waals surface area contributed by atoms with Gasteiger partial charge in [0, 0.05) is 17.7 Å². The lowest BCUT2D eigenvalue weighted by Gasteiger charge is -2.36. The topological polar surface area (TPSA) is 63.4 Å². The molecule has 0 saturated carbocycles. The summed E-state index contributed by atoms with van der Waals surface area (Å²) in [5, 5.41) is 2.13. The summed E-state index contributed by atoms with van der Waals surface area (Å²) in [6, 6.07) is 7.43. The first-order chi connectivity index (χ1) is 9.88. The van der Waals surface area contributed by atoms with Crippen LogP contribution < -0.4 is 10.6 Å². The molecular formula is C15H18N2O2S2. The maximum Gasteiger partial charge on any atom is 0.175 e. The summed E-state index contributed by atoms with van der Waals surface area (Å²) in [4.78, 5) is 3.95. The first kappa shape index (κ1) is 14.4. The van der Waals surface area contributed by atoms with E-state index < -0.39 is 9.84 Å². The van der Waals surface area contributed by atoms with E-state index in [9.17, 15) is 8.42 Å². The second-order valence-electron chi connectivity index (χ2n) is 5.41. The molecule has 3 rings (SSSR count). The average molecular weight is 322 g/mol. The van der Waals surface area contributed by atoms with Gasteiger partial charge in [-0.2, -0.15) is 0 Å². The largest absolute Gasteiger partial charge is 0.397 e. The van der Waals surface area contributed by atoms with Crippen molar-refractivity contribution in [2.45, 2.75) is 24.3 Å². The van der Waals surface area contributed by atoms with E-state index in [2.05, 4.69) is 23.3 Å². The van der Waals surface area contributed by atoms with Gasteiger partial charge in [0.05, 0.1) is 22.3 Å². The van der Waals surface area contributed by atoms with Crippen LogP contribution in [0.1, 0.15) is 23.4 Å². The Bertz CT molecular complexity index is 781. The standard InChI is InChI=1S/C15H18N2O2S2/c1-10-12-6-8-20-15(12)5-7-17(10)14-4-3-11(9-13(14)16)21(2,18)19/h3-4,6,8-10H,5,7,16H2,1-2H3. The van der Waals surface area contributed by atoms with E-state index in [1.807, 2.05) is 6.07 Å². The van der Waals surface area contributed by atoms with Gasteiger partial charge >= 0.3 is 0 Å². The second-order valence-corrected chi connectivity index (χ2v) is 8.43. The van der Waals surface area contributed by atoms with Crippen molar-refractivity contribution in [2.75, 3.05) is 23.4 Å². The number of nitrogens with zero attached hydrogens (tertiary/aromatic N) is 1. The monoisotopic (exact) mass is 322 g/mol. The highest BCUT2D eigenvalue weighted by Gasteiger charge is 2.26. The number of hydrogen-bond acceptors (Lipinski definition) is 5. The van der Waals surface area contributed by atoms with Crippen LogP contribution in [0.2, 0.25) is 0 Å². The van der Waals surface area contributed by atoms with Gasteiger partial charge in [0.2, 0.25) is 0 Å². The average Bonchev–Trinajstić information content (AvgIpc) is 2.88. The maximum absolute atomic E-state index is 11.6. The maximum atomic E-state index is 11.6. The second kappa shape index (κ2) is 5.03. The lowest BCUT2D eigenvalue weighted by atomic mass is 10.0. The van der Waals surface area contributed by atoms with Crippen LogP contribution in [0, 0.1) is 0 Å². The summed E-state index contributed by atoms with van der Waals surface area (Å²) >= 11 is 1.80. The van der Waals surface area contributed by atoms with Crippen molar-refractivity contribution >= 4 is 32.5 Å². The number of benzene rings is 1. The van der Waals surface area contributed by atoms with E-state index in [1.54, 1.807) is 23.5 Å². The highest BCUT2D eigenvalue weighted by Crippen LogP contribution is 2.38. The number of hydrogen-bond donors (Lipinski definition) is 1. The lowest BCUT2D eigenvalue weighted by Crippen LogP contribution is -2.33. The van der Waals surface area contributed by atoms with E-state index in [0.717, 1.165) is 18.7 Å². The Morgan fingerprint density at radius 2 is 2.10 bits per heavy atom. The Morgan fingerprint density at radius 1 is 1.33 bits per heavy atom. The number of nitrogen functional groups attached to an aromatic ring is 1. The van der Waals surface area contributed by atoms with Crippen LogP contribution in [0.25, 0.3) is 0 Å². The molecule has 6 heteroatoms. The Kier molecular flexibility index (Phi) is 3.45. The Morgan fingerprint density at radius 3 is 2.76 bits per heavy atom. The fourth-order valence-corrected chi connectivity index (χ4v) is 4.48. The molecule has 1 unspecified atom stereocenters. The third kappa shape index (κ3) is 2.53. The van der Waals surface area contributed by atoms with Crippen LogP contribution in [0.4, 0.5) is 11.4 Å². The zero-order chi connectivity index (χ0) is 15.2. The molecule has 1 atom stereocenters. The third-order valence-corrected chi connectivity index (χ3v) is 6.12.